The fourth-order valence-electron chi connectivity index (χ4n) is 3.69. The third kappa shape index (κ3) is 3.45. The molecule has 0 N–H and O–H groups in total. The normalized spacial score (nSPS) is 14.6. The standard InChI is InChI=1S/C23H21NO2S3/c1-14-5-11-18-17(13-14)20-21(28-29-22(20)27)23(2,3)24(18)19(25)12-8-15-6-9-16(26-4)10-7-15/h5-13H,1-4H3/b12-8+. The molecule has 0 radical (unpaired) electrons. The van der Waals surface area contributed by atoms with Crippen molar-refractivity contribution in [3.05, 3.63) is 68.4 Å². The largest absolute Gasteiger partial charge is 0.497 e. The van der Waals surface area contributed by atoms with Gasteiger partial charge in [0.2, 0.25) is 0 Å². The van der Waals surface area contributed by atoms with E-state index >= 15 is 0 Å². The lowest BCUT2D eigenvalue weighted by Crippen LogP contribution is -2.47. The van der Waals surface area contributed by atoms with Crippen LogP contribution in [0.2, 0.25) is 0 Å². The molecule has 0 saturated heterocycles. The molecule has 1 aromatic heterocycles. The second-order valence-corrected chi connectivity index (χ2v) is 10.3. The van der Waals surface area contributed by atoms with Crippen LogP contribution in [0, 0.1) is 10.7 Å². The first kappa shape index (κ1) is 20.0. The average molecular weight is 440 g/mol. The minimum Gasteiger partial charge on any atom is -0.497 e. The van der Waals surface area contributed by atoms with Crippen LogP contribution in [0.15, 0.2) is 48.5 Å². The molecule has 0 aliphatic carbocycles. The zero-order valence-electron chi connectivity index (χ0n) is 16.7. The van der Waals surface area contributed by atoms with E-state index in [1.54, 1.807) is 33.9 Å². The molecule has 1 aliphatic rings. The van der Waals surface area contributed by atoms with Crippen molar-refractivity contribution in [2.45, 2.75) is 26.3 Å². The number of nitrogens with zero attached hydrogens (tertiary/aromatic N) is 1. The van der Waals surface area contributed by atoms with Crippen LogP contribution in [-0.2, 0) is 10.3 Å². The lowest BCUT2D eigenvalue weighted by molar-refractivity contribution is -0.115. The summed E-state index contributed by atoms with van der Waals surface area (Å²) in [7, 11) is 4.92. The number of fused-ring (bicyclic) bond motifs is 3. The van der Waals surface area contributed by atoms with E-state index in [9.17, 15) is 4.79 Å². The van der Waals surface area contributed by atoms with Gasteiger partial charge in [0.1, 0.15) is 9.57 Å². The predicted octanol–water partition coefficient (Wildman–Crippen LogP) is 6.82. The number of carbonyl (C=O) groups excluding carboxylic acids is 1. The number of anilines is 1. The second kappa shape index (κ2) is 7.52. The number of carbonyl (C=O) groups is 1. The summed E-state index contributed by atoms with van der Waals surface area (Å²) in [6.45, 7) is 6.24. The molecule has 3 nitrogen and oxygen atoms in total. The van der Waals surface area contributed by atoms with Crippen LogP contribution >= 0.6 is 32.9 Å². The maximum atomic E-state index is 13.4. The molecule has 1 aliphatic heterocycles. The molecule has 0 fully saturated rings. The van der Waals surface area contributed by atoms with E-state index in [0.29, 0.717) is 0 Å². The number of aryl methyl sites for hydroxylation is 1. The Bertz CT molecular complexity index is 1170. The number of amides is 1. The van der Waals surface area contributed by atoms with Crippen LogP contribution in [0.1, 0.15) is 29.9 Å². The molecule has 0 saturated carbocycles. The van der Waals surface area contributed by atoms with Crippen LogP contribution in [0.4, 0.5) is 5.69 Å². The molecule has 0 atom stereocenters. The summed E-state index contributed by atoms with van der Waals surface area (Å²) in [6, 6.07) is 13.9. The molecule has 0 spiro atoms. The number of hydrogen-bond acceptors (Lipinski definition) is 5. The van der Waals surface area contributed by atoms with Crippen molar-refractivity contribution in [2.75, 3.05) is 12.0 Å². The van der Waals surface area contributed by atoms with Crippen LogP contribution < -0.4 is 9.64 Å². The van der Waals surface area contributed by atoms with E-state index in [1.807, 2.05) is 47.4 Å². The van der Waals surface area contributed by atoms with Gasteiger partial charge in [-0.25, -0.2) is 0 Å². The third-order valence-corrected chi connectivity index (χ3v) is 8.49. The summed E-state index contributed by atoms with van der Waals surface area (Å²) >= 11 is 5.64. The molecule has 148 valence electrons. The van der Waals surface area contributed by atoms with Gasteiger partial charge in [0.25, 0.3) is 5.91 Å². The Kier molecular flexibility index (Phi) is 5.19. The quantitative estimate of drug-likeness (QED) is 0.255. The summed E-state index contributed by atoms with van der Waals surface area (Å²) in [6.07, 6.45) is 3.49. The highest BCUT2D eigenvalue weighted by atomic mass is 32.9. The Morgan fingerprint density at radius 1 is 1.14 bits per heavy atom. The van der Waals surface area contributed by atoms with Crippen LogP contribution in [0.5, 0.6) is 5.75 Å². The molecule has 4 rings (SSSR count). The number of ether oxygens (including phenoxy) is 1. The average Bonchev–Trinajstić information content (AvgIpc) is 3.10. The Labute approximate surface area is 183 Å². The molecule has 1 amide bonds. The van der Waals surface area contributed by atoms with Crippen molar-refractivity contribution in [2.24, 2.45) is 0 Å². The number of methoxy groups -OCH3 is 1. The molecule has 0 unspecified atom stereocenters. The van der Waals surface area contributed by atoms with Crippen LogP contribution in [0.25, 0.3) is 17.2 Å². The summed E-state index contributed by atoms with van der Waals surface area (Å²) in [5.41, 5.74) is 4.70. The zero-order chi connectivity index (χ0) is 20.8. The van der Waals surface area contributed by atoms with Gasteiger partial charge in [0.15, 0.2) is 0 Å². The van der Waals surface area contributed by atoms with Gasteiger partial charge in [0.05, 0.1) is 23.2 Å². The van der Waals surface area contributed by atoms with E-state index in [4.69, 9.17) is 17.0 Å². The number of hydrogen-bond donors (Lipinski definition) is 0. The molecule has 2 aromatic carbocycles. The van der Waals surface area contributed by atoms with Gasteiger partial charge in [-0.05, 0) is 56.7 Å². The lowest BCUT2D eigenvalue weighted by atomic mass is 9.86. The highest BCUT2D eigenvalue weighted by molar-refractivity contribution is 7.80. The van der Waals surface area contributed by atoms with Gasteiger partial charge in [-0.1, -0.05) is 56.7 Å². The van der Waals surface area contributed by atoms with E-state index < -0.39 is 5.54 Å². The summed E-state index contributed by atoms with van der Waals surface area (Å²) < 4.78 is 6.09. The molecular weight excluding hydrogens is 418 g/mol. The van der Waals surface area contributed by atoms with E-state index in [1.165, 1.54) is 0 Å². The van der Waals surface area contributed by atoms with Crippen molar-refractivity contribution < 1.29 is 9.53 Å². The summed E-state index contributed by atoms with van der Waals surface area (Å²) in [4.78, 5) is 16.4. The minimum atomic E-state index is -0.475. The predicted molar refractivity (Wildman–Crippen MR) is 126 cm³/mol. The SMILES string of the molecule is COc1ccc(/C=C/C(=O)N2c3ccc(C)cc3-c3c(ssc3=S)C2(C)C)cc1. The van der Waals surface area contributed by atoms with E-state index in [0.717, 1.165) is 42.4 Å². The van der Waals surface area contributed by atoms with Crippen LogP contribution in [0.3, 0.4) is 0 Å². The van der Waals surface area contributed by atoms with Crippen molar-refractivity contribution in [3.63, 3.8) is 0 Å². The van der Waals surface area contributed by atoms with Crippen molar-refractivity contribution >= 4 is 50.6 Å². The first-order chi connectivity index (χ1) is 13.8. The fourth-order valence-corrected chi connectivity index (χ4v) is 6.98. The molecule has 0 bridgehead atoms. The van der Waals surface area contributed by atoms with Gasteiger partial charge < -0.3 is 4.74 Å². The monoisotopic (exact) mass is 439 g/mol. The fraction of sp³-hybridized carbons (Fsp3) is 0.217. The second-order valence-electron chi connectivity index (χ2n) is 7.52. The Balaban J connectivity index is 1.77. The number of rotatable bonds is 3. The Morgan fingerprint density at radius 3 is 2.55 bits per heavy atom. The Morgan fingerprint density at radius 2 is 1.86 bits per heavy atom. The zero-order valence-corrected chi connectivity index (χ0v) is 19.1. The molecule has 2 heterocycles. The van der Waals surface area contributed by atoms with Gasteiger partial charge in [-0.3, -0.25) is 9.69 Å². The first-order valence-electron chi connectivity index (χ1n) is 9.24. The maximum absolute atomic E-state index is 13.4. The summed E-state index contributed by atoms with van der Waals surface area (Å²) in [5, 5.41) is 0. The van der Waals surface area contributed by atoms with Gasteiger partial charge in [-0.15, -0.1) is 0 Å². The first-order valence-corrected chi connectivity index (χ1v) is 11.8. The molecule has 3 aromatic rings. The van der Waals surface area contributed by atoms with Crippen molar-refractivity contribution in [1.29, 1.82) is 0 Å². The van der Waals surface area contributed by atoms with E-state index in [-0.39, 0.29) is 5.91 Å². The highest BCUT2D eigenvalue weighted by Crippen LogP contribution is 2.52. The van der Waals surface area contributed by atoms with Crippen LogP contribution in [-0.4, -0.2) is 13.0 Å². The smallest absolute Gasteiger partial charge is 0.251 e. The maximum Gasteiger partial charge on any atom is 0.251 e. The molecular formula is C23H21NO2S3. The van der Waals surface area contributed by atoms with E-state index in [2.05, 4.69) is 26.8 Å². The Hall–Kier alpha value is -2.28. The summed E-state index contributed by atoms with van der Waals surface area (Å²) in [5.74, 6) is 0.743. The van der Waals surface area contributed by atoms with Crippen molar-refractivity contribution in [1.82, 2.24) is 0 Å². The minimum absolute atomic E-state index is 0.0501. The van der Waals surface area contributed by atoms with Gasteiger partial charge >= 0.3 is 0 Å². The molecule has 6 heteroatoms. The van der Waals surface area contributed by atoms with Gasteiger partial charge in [0, 0.05) is 17.2 Å². The lowest BCUT2D eigenvalue weighted by Gasteiger charge is -2.42. The van der Waals surface area contributed by atoms with Gasteiger partial charge in [-0.2, -0.15) is 0 Å². The molecule has 29 heavy (non-hydrogen) atoms. The number of benzene rings is 2. The highest BCUT2D eigenvalue weighted by Gasteiger charge is 2.42. The van der Waals surface area contributed by atoms with Crippen molar-refractivity contribution in [3.8, 4) is 16.9 Å². The topological polar surface area (TPSA) is 29.5 Å². The third-order valence-electron chi connectivity index (χ3n) is 5.16.